The van der Waals surface area contributed by atoms with Crippen LogP contribution in [0.5, 0.6) is 0 Å². The molecule has 2 aromatic heterocycles. The first-order valence-corrected chi connectivity index (χ1v) is 10.8. The highest BCUT2D eigenvalue weighted by molar-refractivity contribution is 6.34. The lowest BCUT2D eigenvalue weighted by molar-refractivity contribution is -0.121. The van der Waals surface area contributed by atoms with Crippen molar-refractivity contribution in [3.05, 3.63) is 64.6 Å². The largest absolute Gasteiger partial charge is 0.364 e. The van der Waals surface area contributed by atoms with Crippen molar-refractivity contribution in [1.82, 2.24) is 20.0 Å². The Morgan fingerprint density at radius 3 is 2.55 bits per heavy atom. The van der Waals surface area contributed by atoms with E-state index in [2.05, 4.69) is 20.6 Å². The average molecular weight is 467 g/mol. The number of amides is 2. The standard InChI is InChI=1S/C23H23ClN6O3/c1-12-9-18(29-28-12)13-7-8-16(17(24)10-13)21(31)14-5-3-4-6-15(14)23(33)27-19-11-26-30(2)20(19)22(25)32/h3-4,7-11,14-15H,5-6H2,1-2H3,(H2,25,32)(H,27,33)(H,28,29)/t14-,15?/m1/s1. The van der Waals surface area contributed by atoms with Crippen molar-refractivity contribution in [3.63, 3.8) is 0 Å². The first-order chi connectivity index (χ1) is 15.8. The van der Waals surface area contributed by atoms with E-state index in [0.717, 1.165) is 17.0 Å². The van der Waals surface area contributed by atoms with Crippen molar-refractivity contribution in [2.75, 3.05) is 5.32 Å². The normalized spacial score (nSPS) is 17.7. The zero-order valence-corrected chi connectivity index (χ0v) is 18.9. The smallest absolute Gasteiger partial charge is 0.269 e. The number of nitrogens with zero attached hydrogens (tertiary/aromatic N) is 3. The predicted molar refractivity (Wildman–Crippen MR) is 124 cm³/mol. The molecule has 3 aromatic rings. The number of nitrogens with two attached hydrogens (primary N) is 1. The third-order valence-corrected chi connectivity index (χ3v) is 6.08. The molecule has 1 aromatic carbocycles. The van der Waals surface area contributed by atoms with Gasteiger partial charge < -0.3 is 11.1 Å². The molecule has 0 saturated carbocycles. The highest BCUT2D eigenvalue weighted by atomic mass is 35.5. The number of benzene rings is 1. The minimum atomic E-state index is -0.708. The van der Waals surface area contributed by atoms with Gasteiger partial charge >= 0.3 is 0 Å². The Balaban J connectivity index is 1.57. The van der Waals surface area contributed by atoms with E-state index in [1.165, 1.54) is 10.9 Å². The Kier molecular flexibility index (Phi) is 6.15. The summed E-state index contributed by atoms with van der Waals surface area (Å²) in [6, 6.07) is 7.05. The van der Waals surface area contributed by atoms with Crippen LogP contribution in [0.3, 0.4) is 0 Å². The number of H-pyrrole nitrogens is 1. The lowest BCUT2D eigenvalue weighted by atomic mass is 9.77. The van der Waals surface area contributed by atoms with Crippen molar-refractivity contribution in [1.29, 1.82) is 0 Å². The van der Waals surface area contributed by atoms with Crippen LogP contribution in [0.2, 0.25) is 5.02 Å². The average Bonchev–Trinajstić information content (AvgIpc) is 3.38. The van der Waals surface area contributed by atoms with E-state index in [4.69, 9.17) is 17.3 Å². The number of nitrogens with one attached hydrogen (secondary N) is 2. The number of aromatic nitrogens is 4. The van der Waals surface area contributed by atoms with Gasteiger partial charge in [0.15, 0.2) is 5.78 Å². The van der Waals surface area contributed by atoms with E-state index < -0.39 is 17.7 Å². The summed E-state index contributed by atoms with van der Waals surface area (Å²) in [6.07, 6.45) is 5.91. The lowest BCUT2D eigenvalue weighted by Crippen LogP contribution is -2.35. The molecule has 0 bridgehead atoms. The van der Waals surface area contributed by atoms with Gasteiger partial charge in [-0.15, -0.1) is 0 Å². The highest BCUT2D eigenvalue weighted by Gasteiger charge is 2.36. The van der Waals surface area contributed by atoms with Crippen molar-refractivity contribution < 1.29 is 14.4 Å². The van der Waals surface area contributed by atoms with Crippen molar-refractivity contribution in [2.24, 2.45) is 24.6 Å². The summed E-state index contributed by atoms with van der Waals surface area (Å²) in [4.78, 5) is 38.2. The molecule has 10 heteroatoms. The number of carbonyl (C=O) groups excluding carboxylic acids is 3. The molecule has 1 unspecified atom stereocenters. The second kappa shape index (κ2) is 9.03. The maximum Gasteiger partial charge on any atom is 0.269 e. The first kappa shape index (κ1) is 22.5. The Morgan fingerprint density at radius 1 is 1.18 bits per heavy atom. The van der Waals surface area contributed by atoms with Gasteiger partial charge in [0.25, 0.3) is 5.91 Å². The number of carbonyl (C=O) groups is 3. The number of allylic oxidation sites excluding steroid dienone is 2. The van der Waals surface area contributed by atoms with E-state index in [9.17, 15) is 14.4 Å². The number of hydrogen-bond acceptors (Lipinski definition) is 5. The fraction of sp³-hybridized carbons (Fsp3) is 0.261. The molecular formula is C23H23ClN6O3. The van der Waals surface area contributed by atoms with Crippen LogP contribution in [0.1, 0.15) is 39.4 Å². The number of aromatic amines is 1. The molecule has 9 nitrogen and oxygen atoms in total. The van der Waals surface area contributed by atoms with Gasteiger partial charge in [-0.25, -0.2) is 0 Å². The topological polar surface area (TPSA) is 136 Å². The van der Waals surface area contributed by atoms with E-state index in [-0.39, 0.29) is 23.1 Å². The number of primary amides is 1. The molecule has 0 fully saturated rings. The summed E-state index contributed by atoms with van der Waals surface area (Å²) in [7, 11) is 1.56. The van der Waals surface area contributed by atoms with Gasteiger partial charge in [0.2, 0.25) is 5.91 Å². The van der Waals surface area contributed by atoms with Crippen molar-refractivity contribution >= 4 is 34.9 Å². The van der Waals surface area contributed by atoms with Crippen LogP contribution >= 0.6 is 11.6 Å². The second-order valence-corrected chi connectivity index (χ2v) is 8.44. The van der Waals surface area contributed by atoms with Crippen LogP contribution in [0.15, 0.2) is 42.6 Å². The zero-order valence-electron chi connectivity index (χ0n) is 18.1. The van der Waals surface area contributed by atoms with Gasteiger partial charge in [-0.1, -0.05) is 29.8 Å². The van der Waals surface area contributed by atoms with Gasteiger partial charge in [0.1, 0.15) is 5.69 Å². The maximum absolute atomic E-state index is 13.4. The maximum atomic E-state index is 13.4. The van der Waals surface area contributed by atoms with Crippen LogP contribution < -0.4 is 11.1 Å². The summed E-state index contributed by atoms with van der Waals surface area (Å²) >= 11 is 6.48. The zero-order chi connectivity index (χ0) is 23.7. The minimum absolute atomic E-state index is 0.0878. The van der Waals surface area contributed by atoms with Crippen molar-refractivity contribution in [2.45, 2.75) is 19.8 Å². The van der Waals surface area contributed by atoms with Crippen LogP contribution in [-0.4, -0.2) is 37.6 Å². The molecule has 2 atom stereocenters. The summed E-state index contributed by atoms with van der Waals surface area (Å²) in [6.45, 7) is 1.90. The minimum Gasteiger partial charge on any atom is -0.364 e. The van der Waals surface area contributed by atoms with E-state index in [1.54, 1.807) is 25.2 Å². The van der Waals surface area contributed by atoms with Gasteiger partial charge in [0.05, 0.1) is 28.5 Å². The van der Waals surface area contributed by atoms with Gasteiger partial charge in [-0.2, -0.15) is 10.2 Å². The number of Topliss-reactive ketones (excluding diaryl/α,β-unsaturated/α-hetero) is 1. The van der Waals surface area contributed by atoms with Crippen LogP contribution in [0, 0.1) is 18.8 Å². The summed E-state index contributed by atoms with van der Waals surface area (Å²) in [5.74, 6) is -2.53. The van der Waals surface area contributed by atoms with Crippen LogP contribution in [-0.2, 0) is 11.8 Å². The Hall–Kier alpha value is -3.72. The van der Waals surface area contributed by atoms with Gasteiger partial charge in [0, 0.05) is 29.8 Å². The Labute approximate surface area is 195 Å². The number of halogens is 1. The van der Waals surface area contributed by atoms with Crippen LogP contribution in [0.4, 0.5) is 5.69 Å². The third kappa shape index (κ3) is 4.45. The molecule has 4 N–H and O–H groups in total. The van der Waals surface area contributed by atoms with Crippen LogP contribution in [0.25, 0.3) is 11.3 Å². The summed E-state index contributed by atoms with van der Waals surface area (Å²) in [5.41, 5.74) is 8.49. The monoisotopic (exact) mass is 466 g/mol. The number of anilines is 1. The SMILES string of the molecule is Cc1cc(-c2ccc(C(=O)[C@@H]3CC=CCC3C(=O)Nc3cnn(C)c3C(N)=O)c(Cl)c2)n[nH]1. The predicted octanol–water partition coefficient (Wildman–Crippen LogP) is 3.27. The summed E-state index contributed by atoms with van der Waals surface area (Å²) in [5, 5.41) is 14.1. The molecule has 0 aliphatic heterocycles. The van der Waals surface area contributed by atoms with Gasteiger partial charge in [-0.3, -0.25) is 24.2 Å². The first-order valence-electron chi connectivity index (χ1n) is 10.4. The molecule has 1 aliphatic carbocycles. The fourth-order valence-electron chi connectivity index (χ4n) is 4.08. The molecular weight excluding hydrogens is 444 g/mol. The van der Waals surface area contributed by atoms with Crippen molar-refractivity contribution in [3.8, 4) is 11.3 Å². The molecule has 2 amide bonds. The number of hydrogen-bond donors (Lipinski definition) is 3. The highest BCUT2D eigenvalue weighted by Crippen LogP contribution is 2.33. The number of rotatable bonds is 6. The number of ketones is 1. The molecule has 33 heavy (non-hydrogen) atoms. The van der Waals surface area contributed by atoms with E-state index >= 15 is 0 Å². The fourth-order valence-corrected chi connectivity index (χ4v) is 4.35. The van der Waals surface area contributed by atoms with E-state index in [0.29, 0.717) is 23.4 Å². The second-order valence-electron chi connectivity index (χ2n) is 8.03. The number of aryl methyl sites for hydroxylation is 2. The van der Waals surface area contributed by atoms with Gasteiger partial charge in [-0.05, 0) is 38.0 Å². The molecule has 0 spiro atoms. The molecule has 1 aliphatic rings. The molecule has 0 radical (unpaired) electrons. The Bertz CT molecular complexity index is 1270. The lowest BCUT2D eigenvalue weighted by Gasteiger charge is -2.27. The Morgan fingerprint density at radius 2 is 1.91 bits per heavy atom. The molecule has 4 rings (SSSR count). The molecule has 170 valence electrons. The third-order valence-electron chi connectivity index (χ3n) is 5.77. The quantitative estimate of drug-likeness (QED) is 0.378. The van der Waals surface area contributed by atoms with E-state index in [1.807, 2.05) is 25.1 Å². The summed E-state index contributed by atoms with van der Waals surface area (Å²) < 4.78 is 1.30. The molecule has 0 saturated heterocycles. The molecule has 2 heterocycles.